The molecule has 1 heterocycles. The molecule has 1 aliphatic heterocycles. The summed E-state index contributed by atoms with van der Waals surface area (Å²) in [6, 6.07) is 0. The third-order valence-electron chi connectivity index (χ3n) is 2.27. The molecular formula is C8H19N3O2S2. The van der Waals surface area contributed by atoms with Crippen molar-refractivity contribution in [1.82, 2.24) is 10.2 Å². The summed E-state index contributed by atoms with van der Waals surface area (Å²) < 4.78 is 21.2. The van der Waals surface area contributed by atoms with Crippen molar-refractivity contribution < 1.29 is 8.42 Å². The molecule has 0 aromatic carbocycles. The van der Waals surface area contributed by atoms with E-state index in [0.29, 0.717) is 6.54 Å². The summed E-state index contributed by atoms with van der Waals surface area (Å²) in [6.45, 7) is 4.55. The van der Waals surface area contributed by atoms with Gasteiger partial charge in [0.05, 0.1) is 5.75 Å². The van der Waals surface area contributed by atoms with Gasteiger partial charge in [0.25, 0.3) is 0 Å². The Morgan fingerprint density at radius 2 is 1.93 bits per heavy atom. The van der Waals surface area contributed by atoms with Gasteiger partial charge in [0.2, 0.25) is 10.0 Å². The van der Waals surface area contributed by atoms with Crippen molar-refractivity contribution in [3.05, 3.63) is 0 Å². The molecular weight excluding hydrogens is 234 g/mol. The van der Waals surface area contributed by atoms with E-state index in [4.69, 9.17) is 5.14 Å². The summed E-state index contributed by atoms with van der Waals surface area (Å²) in [7, 11) is -3.31. The van der Waals surface area contributed by atoms with Crippen LogP contribution in [0, 0.1) is 0 Å². The van der Waals surface area contributed by atoms with Gasteiger partial charge in [0.1, 0.15) is 0 Å². The van der Waals surface area contributed by atoms with E-state index in [9.17, 15) is 8.42 Å². The van der Waals surface area contributed by atoms with Gasteiger partial charge in [-0.3, -0.25) is 0 Å². The lowest BCUT2D eigenvalue weighted by molar-refractivity contribution is 0.302. The summed E-state index contributed by atoms with van der Waals surface area (Å²) in [4.78, 5) is 2.39. The topological polar surface area (TPSA) is 75.4 Å². The van der Waals surface area contributed by atoms with Crippen molar-refractivity contribution in [3.63, 3.8) is 0 Å². The van der Waals surface area contributed by atoms with Crippen LogP contribution in [0.4, 0.5) is 0 Å². The Morgan fingerprint density at radius 1 is 1.27 bits per heavy atom. The molecule has 1 aliphatic rings. The summed E-state index contributed by atoms with van der Waals surface area (Å²) in [5.74, 6) is 2.43. The highest BCUT2D eigenvalue weighted by Gasteiger charge is 2.09. The maximum Gasteiger partial charge on any atom is 0.210 e. The van der Waals surface area contributed by atoms with Crippen LogP contribution in [0.2, 0.25) is 0 Å². The number of hydrogen-bond acceptors (Lipinski definition) is 5. The molecule has 0 radical (unpaired) electrons. The molecule has 0 bridgehead atoms. The summed E-state index contributed by atoms with van der Waals surface area (Å²) in [5, 5.41) is 7.96. The third-order valence-corrected chi connectivity index (χ3v) is 3.99. The first-order valence-electron chi connectivity index (χ1n) is 5.09. The quantitative estimate of drug-likeness (QED) is 0.589. The highest BCUT2D eigenvalue weighted by Crippen LogP contribution is 2.07. The first-order valence-corrected chi connectivity index (χ1v) is 7.96. The fraction of sp³-hybridized carbons (Fsp3) is 1.00. The van der Waals surface area contributed by atoms with Gasteiger partial charge in [-0.05, 0) is 0 Å². The van der Waals surface area contributed by atoms with Crippen molar-refractivity contribution in [2.75, 3.05) is 50.0 Å². The Kier molecular flexibility index (Phi) is 5.91. The first-order chi connectivity index (χ1) is 7.08. The molecule has 0 amide bonds. The average Bonchev–Trinajstić information content (AvgIpc) is 2.17. The molecule has 3 N–H and O–H groups in total. The predicted molar refractivity (Wildman–Crippen MR) is 64.6 cm³/mol. The molecule has 1 saturated heterocycles. The van der Waals surface area contributed by atoms with Gasteiger partial charge >= 0.3 is 0 Å². The van der Waals surface area contributed by atoms with Gasteiger partial charge in [-0.1, -0.05) is 0 Å². The Hall–Kier alpha value is 0.180. The van der Waals surface area contributed by atoms with E-state index in [1.54, 1.807) is 0 Å². The van der Waals surface area contributed by atoms with Gasteiger partial charge in [-0.2, -0.15) is 11.8 Å². The number of nitrogens with zero attached hydrogens (tertiary/aromatic N) is 1. The molecule has 0 spiro atoms. The van der Waals surface area contributed by atoms with E-state index in [1.165, 1.54) is 11.5 Å². The normalized spacial score (nSPS) is 19.3. The zero-order valence-electron chi connectivity index (χ0n) is 8.81. The molecule has 1 rings (SSSR count). The molecule has 90 valence electrons. The van der Waals surface area contributed by atoms with E-state index in [0.717, 1.165) is 26.2 Å². The SMILES string of the molecule is NS(=O)(=O)CCNCCN1CCSCC1. The van der Waals surface area contributed by atoms with Crippen LogP contribution in [-0.4, -0.2) is 63.3 Å². The van der Waals surface area contributed by atoms with Gasteiger partial charge in [0.15, 0.2) is 0 Å². The minimum atomic E-state index is -3.31. The van der Waals surface area contributed by atoms with Crippen molar-refractivity contribution in [1.29, 1.82) is 0 Å². The number of sulfonamides is 1. The van der Waals surface area contributed by atoms with Crippen LogP contribution in [0.3, 0.4) is 0 Å². The Labute approximate surface area is 95.8 Å². The van der Waals surface area contributed by atoms with Gasteiger partial charge in [-0.25, -0.2) is 13.6 Å². The number of nitrogens with two attached hydrogens (primary N) is 1. The molecule has 1 fully saturated rings. The summed E-state index contributed by atoms with van der Waals surface area (Å²) >= 11 is 1.99. The second-order valence-corrected chi connectivity index (χ2v) is 6.53. The molecule has 0 unspecified atom stereocenters. The van der Waals surface area contributed by atoms with Crippen LogP contribution < -0.4 is 10.5 Å². The minimum absolute atomic E-state index is 0.0167. The maximum absolute atomic E-state index is 10.6. The van der Waals surface area contributed by atoms with Crippen molar-refractivity contribution in [2.45, 2.75) is 0 Å². The minimum Gasteiger partial charge on any atom is -0.314 e. The Morgan fingerprint density at radius 3 is 2.53 bits per heavy atom. The van der Waals surface area contributed by atoms with Gasteiger partial charge < -0.3 is 10.2 Å². The summed E-state index contributed by atoms with van der Waals surface area (Å²) in [6.07, 6.45) is 0. The Balaban J connectivity index is 1.96. The van der Waals surface area contributed by atoms with E-state index in [-0.39, 0.29) is 5.75 Å². The molecule has 5 nitrogen and oxygen atoms in total. The monoisotopic (exact) mass is 253 g/mol. The third kappa shape index (κ3) is 7.13. The predicted octanol–water partition coefficient (Wildman–Crippen LogP) is -1.09. The molecule has 15 heavy (non-hydrogen) atoms. The lowest BCUT2D eigenvalue weighted by Crippen LogP contribution is -2.39. The van der Waals surface area contributed by atoms with Crippen LogP contribution in [0.1, 0.15) is 0 Å². The average molecular weight is 253 g/mol. The van der Waals surface area contributed by atoms with E-state index >= 15 is 0 Å². The molecule has 0 saturated carbocycles. The smallest absolute Gasteiger partial charge is 0.210 e. The zero-order valence-corrected chi connectivity index (χ0v) is 10.4. The fourth-order valence-electron chi connectivity index (χ4n) is 1.40. The van der Waals surface area contributed by atoms with Crippen LogP contribution in [0.15, 0.2) is 0 Å². The number of rotatable bonds is 6. The van der Waals surface area contributed by atoms with Crippen molar-refractivity contribution in [2.24, 2.45) is 5.14 Å². The highest BCUT2D eigenvalue weighted by atomic mass is 32.2. The fourth-order valence-corrected chi connectivity index (χ4v) is 2.81. The van der Waals surface area contributed by atoms with E-state index in [1.807, 2.05) is 11.8 Å². The molecule has 0 aromatic rings. The molecule has 0 aliphatic carbocycles. The number of nitrogens with one attached hydrogen (secondary N) is 1. The summed E-state index contributed by atoms with van der Waals surface area (Å²) in [5.41, 5.74) is 0. The standard InChI is InChI=1S/C8H19N3O2S2/c9-15(12,13)8-2-10-1-3-11-4-6-14-7-5-11/h10H,1-8H2,(H2,9,12,13). The van der Waals surface area contributed by atoms with E-state index in [2.05, 4.69) is 10.2 Å². The lowest BCUT2D eigenvalue weighted by Gasteiger charge is -2.26. The van der Waals surface area contributed by atoms with Crippen LogP contribution in [-0.2, 0) is 10.0 Å². The van der Waals surface area contributed by atoms with Crippen molar-refractivity contribution in [3.8, 4) is 0 Å². The van der Waals surface area contributed by atoms with Crippen LogP contribution in [0.5, 0.6) is 0 Å². The number of hydrogen-bond donors (Lipinski definition) is 2. The molecule has 0 atom stereocenters. The second-order valence-electron chi connectivity index (χ2n) is 3.57. The largest absolute Gasteiger partial charge is 0.314 e. The molecule has 0 aromatic heterocycles. The van der Waals surface area contributed by atoms with Gasteiger partial charge in [-0.15, -0.1) is 0 Å². The lowest BCUT2D eigenvalue weighted by atomic mass is 10.4. The zero-order chi connectivity index (χ0) is 11.1. The number of primary sulfonamides is 1. The Bertz CT molecular complexity index is 263. The maximum atomic E-state index is 10.6. The second kappa shape index (κ2) is 6.70. The van der Waals surface area contributed by atoms with Crippen molar-refractivity contribution >= 4 is 21.8 Å². The van der Waals surface area contributed by atoms with E-state index < -0.39 is 10.0 Å². The van der Waals surface area contributed by atoms with Crippen LogP contribution in [0.25, 0.3) is 0 Å². The van der Waals surface area contributed by atoms with Crippen LogP contribution >= 0.6 is 11.8 Å². The number of thioether (sulfide) groups is 1. The van der Waals surface area contributed by atoms with Gasteiger partial charge in [0, 0.05) is 44.2 Å². The molecule has 7 heteroatoms. The highest BCUT2D eigenvalue weighted by molar-refractivity contribution is 7.99. The first kappa shape index (κ1) is 13.2.